The van der Waals surface area contributed by atoms with Crippen LogP contribution in [0, 0.1) is 5.41 Å². The van der Waals surface area contributed by atoms with E-state index in [2.05, 4.69) is 30.2 Å². The second kappa shape index (κ2) is 10.8. The molecule has 3 fully saturated rings. The van der Waals surface area contributed by atoms with E-state index in [0.29, 0.717) is 41.3 Å². The lowest BCUT2D eigenvalue weighted by Crippen LogP contribution is -2.53. The van der Waals surface area contributed by atoms with Crippen LogP contribution in [0.1, 0.15) is 59.3 Å². The normalized spacial score (nSPS) is 18.9. The minimum Gasteiger partial charge on any atom is -0.460 e. The number of piperazine rings is 1. The molecule has 1 spiro atoms. The second-order valence-corrected chi connectivity index (χ2v) is 12.9. The van der Waals surface area contributed by atoms with Crippen LogP contribution < -0.4 is 15.0 Å². The molecule has 12 nitrogen and oxygen atoms in total. The van der Waals surface area contributed by atoms with E-state index in [1.807, 2.05) is 6.07 Å². The Balaban J connectivity index is 1.03. The van der Waals surface area contributed by atoms with Crippen LogP contribution in [0.25, 0.3) is 10.6 Å². The maximum Gasteiger partial charge on any atom is 0.410 e. The van der Waals surface area contributed by atoms with E-state index < -0.39 is 11.7 Å². The number of rotatable bonds is 6. The molecule has 2 aliphatic carbocycles. The maximum absolute atomic E-state index is 12.7. The summed E-state index contributed by atoms with van der Waals surface area (Å²) >= 11 is 1.42. The van der Waals surface area contributed by atoms with Crippen molar-refractivity contribution in [2.75, 3.05) is 29.9 Å². The van der Waals surface area contributed by atoms with Crippen LogP contribution in [-0.2, 0) is 9.53 Å². The summed E-state index contributed by atoms with van der Waals surface area (Å²) in [6, 6.07) is 2.25. The molecule has 2 saturated carbocycles. The summed E-state index contributed by atoms with van der Waals surface area (Å²) in [6.07, 6.45) is 13.7. The molecule has 1 aliphatic heterocycles. The Bertz CT molecular complexity index is 1410. The topological polar surface area (TPSA) is 136 Å². The molecular weight excluding hydrogens is 544 g/mol. The smallest absolute Gasteiger partial charge is 0.410 e. The van der Waals surface area contributed by atoms with Gasteiger partial charge in [0.15, 0.2) is 5.13 Å². The minimum atomic E-state index is -0.619. The first kappa shape index (κ1) is 27.3. The first-order chi connectivity index (χ1) is 19.6. The summed E-state index contributed by atoms with van der Waals surface area (Å²) in [7, 11) is 0. The van der Waals surface area contributed by atoms with Crippen molar-refractivity contribution >= 4 is 40.1 Å². The molecule has 2 amide bonds. The van der Waals surface area contributed by atoms with E-state index in [4.69, 9.17) is 9.47 Å². The molecule has 13 heteroatoms. The Kier molecular flexibility index (Phi) is 7.22. The van der Waals surface area contributed by atoms with Crippen molar-refractivity contribution in [3.8, 4) is 16.6 Å². The molecule has 1 N–H and O–H groups in total. The molecule has 1 saturated heterocycles. The van der Waals surface area contributed by atoms with E-state index in [-0.39, 0.29) is 18.6 Å². The van der Waals surface area contributed by atoms with Crippen LogP contribution in [0.3, 0.4) is 0 Å². The average Bonchev–Trinajstić information content (AvgIpc) is 3.53. The third-order valence-corrected chi connectivity index (χ3v) is 8.59. The molecule has 0 unspecified atom stereocenters. The highest BCUT2D eigenvalue weighted by molar-refractivity contribution is 7.18. The number of carbonyl (C=O) groups excluding carboxylic acids is 2. The molecule has 0 atom stereocenters. The highest BCUT2D eigenvalue weighted by Gasteiger charge is 2.45. The zero-order valence-electron chi connectivity index (χ0n) is 23.5. The third kappa shape index (κ3) is 6.55. The van der Waals surface area contributed by atoms with Gasteiger partial charge >= 0.3 is 12.1 Å². The number of ether oxygens (including phenoxy) is 2. The van der Waals surface area contributed by atoms with Gasteiger partial charge in [-0.05, 0) is 70.8 Å². The van der Waals surface area contributed by atoms with Crippen LogP contribution >= 0.6 is 11.3 Å². The van der Waals surface area contributed by atoms with Gasteiger partial charge in [-0.25, -0.2) is 24.7 Å². The summed E-state index contributed by atoms with van der Waals surface area (Å²) < 4.78 is 11.5. The van der Waals surface area contributed by atoms with Gasteiger partial charge in [-0.1, -0.05) is 11.3 Å². The van der Waals surface area contributed by atoms with Crippen molar-refractivity contribution < 1.29 is 19.1 Å². The maximum atomic E-state index is 12.7. The number of aromatic nitrogens is 5. The average molecular weight is 579 g/mol. The summed E-state index contributed by atoms with van der Waals surface area (Å²) in [4.78, 5) is 51.0. The predicted molar refractivity (Wildman–Crippen MR) is 153 cm³/mol. The highest BCUT2D eigenvalue weighted by atomic mass is 32.1. The van der Waals surface area contributed by atoms with E-state index in [9.17, 15) is 9.59 Å². The lowest BCUT2D eigenvalue weighted by atomic mass is 9.85. The number of thiazole rings is 1. The molecule has 3 aromatic rings. The first-order valence-electron chi connectivity index (χ1n) is 14.0. The third-order valence-electron chi connectivity index (χ3n) is 7.66. The Morgan fingerprint density at radius 2 is 1.80 bits per heavy atom. The summed E-state index contributed by atoms with van der Waals surface area (Å²) in [6.45, 7) is 6.02. The van der Waals surface area contributed by atoms with E-state index in [1.54, 1.807) is 50.5 Å². The van der Waals surface area contributed by atoms with Gasteiger partial charge in [0.2, 0.25) is 11.9 Å². The number of hydrogen-bond acceptors (Lipinski definition) is 11. The van der Waals surface area contributed by atoms with Crippen molar-refractivity contribution in [2.24, 2.45) is 5.41 Å². The molecular formula is C28H34N8O4S. The fourth-order valence-electron chi connectivity index (χ4n) is 5.18. The number of hydrogen-bond donors (Lipinski definition) is 1. The van der Waals surface area contributed by atoms with Crippen molar-refractivity contribution in [1.82, 2.24) is 29.8 Å². The summed E-state index contributed by atoms with van der Waals surface area (Å²) in [5.41, 5.74) is 1.31. The number of nitrogens with zero attached hydrogens (tertiary/aromatic N) is 7. The Morgan fingerprint density at radius 3 is 2.49 bits per heavy atom. The van der Waals surface area contributed by atoms with Crippen molar-refractivity contribution in [1.29, 1.82) is 0 Å². The fraction of sp³-hybridized carbons (Fsp3) is 0.536. The summed E-state index contributed by atoms with van der Waals surface area (Å²) in [5.74, 6) is 0.131. The molecule has 4 heterocycles. The van der Waals surface area contributed by atoms with Gasteiger partial charge in [0.05, 0.1) is 28.7 Å². The van der Waals surface area contributed by atoms with E-state index >= 15 is 0 Å². The van der Waals surface area contributed by atoms with Gasteiger partial charge in [-0.2, -0.15) is 4.98 Å². The van der Waals surface area contributed by atoms with E-state index in [0.717, 1.165) is 23.4 Å². The molecule has 216 valence electrons. The Hall–Kier alpha value is -3.87. The Labute approximate surface area is 242 Å². The lowest BCUT2D eigenvalue weighted by Gasteiger charge is -2.34. The molecule has 0 bridgehead atoms. The monoisotopic (exact) mass is 578 g/mol. The van der Waals surface area contributed by atoms with Crippen LogP contribution in [0.5, 0.6) is 6.01 Å². The van der Waals surface area contributed by atoms with Crippen LogP contribution in [0.15, 0.2) is 30.9 Å². The van der Waals surface area contributed by atoms with Crippen LogP contribution in [-0.4, -0.2) is 73.2 Å². The van der Waals surface area contributed by atoms with Gasteiger partial charge < -0.3 is 19.7 Å². The molecule has 41 heavy (non-hydrogen) atoms. The van der Waals surface area contributed by atoms with Gasteiger partial charge in [-0.15, -0.1) is 0 Å². The summed E-state index contributed by atoms with van der Waals surface area (Å²) in [5, 5.41) is 3.72. The molecule has 3 aliphatic rings. The fourth-order valence-corrected chi connectivity index (χ4v) is 5.96. The molecule has 0 aromatic carbocycles. The number of carbonyl (C=O) groups is 2. The number of nitrogens with one attached hydrogen (secondary N) is 1. The standard InChI is InChI=1S/C28H34N8O4S/c1-27(2,3)40-26(38)35-12-13-36(22(37)17-35)18-14-30-23(31-15-18)34-25-32-16-21(41-25)20-6-11-29-24(33-20)39-19-4-7-28(8-5-19)9-10-28/h6,11,14-16,19H,4-5,7-10,12-13,17H2,1-3H3,(H,30,31,32,34). The lowest BCUT2D eigenvalue weighted by molar-refractivity contribution is -0.121. The number of amides is 2. The van der Waals surface area contributed by atoms with Crippen molar-refractivity contribution in [3.05, 3.63) is 30.9 Å². The molecule has 6 rings (SSSR count). The van der Waals surface area contributed by atoms with Gasteiger partial charge in [0.25, 0.3) is 0 Å². The quantitative estimate of drug-likeness (QED) is 0.434. The zero-order chi connectivity index (χ0) is 28.6. The Morgan fingerprint density at radius 1 is 1.05 bits per heavy atom. The van der Waals surface area contributed by atoms with E-state index in [1.165, 1.54) is 41.9 Å². The van der Waals surface area contributed by atoms with Crippen molar-refractivity contribution in [3.63, 3.8) is 0 Å². The van der Waals surface area contributed by atoms with Crippen molar-refractivity contribution in [2.45, 2.75) is 71.0 Å². The molecule has 3 aromatic heterocycles. The zero-order valence-corrected chi connectivity index (χ0v) is 24.3. The number of anilines is 3. The van der Waals surface area contributed by atoms with Gasteiger partial charge in [0.1, 0.15) is 18.2 Å². The van der Waals surface area contributed by atoms with Gasteiger partial charge in [-0.3, -0.25) is 9.69 Å². The highest BCUT2D eigenvalue weighted by Crippen LogP contribution is 2.56. The van der Waals surface area contributed by atoms with Crippen LogP contribution in [0.2, 0.25) is 0 Å². The van der Waals surface area contributed by atoms with Crippen LogP contribution in [0.4, 0.5) is 21.6 Å². The SMILES string of the molecule is CC(C)(C)OC(=O)N1CCN(c2cnc(Nc3ncc(-c4ccnc(OC5CCC6(CC5)CC6)n4)s3)nc2)C(=O)C1. The first-order valence-corrected chi connectivity index (χ1v) is 14.8. The second-order valence-electron chi connectivity index (χ2n) is 11.9. The molecule has 0 radical (unpaired) electrons. The minimum absolute atomic E-state index is 0.0616. The largest absolute Gasteiger partial charge is 0.460 e. The van der Waals surface area contributed by atoms with Gasteiger partial charge in [0, 0.05) is 25.5 Å². The predicted octanol–water partition coefficient (Wildman–Crippen LogP) is 4.82.